The molecule has 0 radical (unpaired) electrons. The molecule has 0 aliphatic carbocycles. The molecule has 4 rings (SSSR count). The van der Waals surface area contributed by atoms with Crippen molar-refractivity contribution in [3.8, 4) is 22.5 Å². The van der Waals surface area contributed by atoms with Gasteiger partial charge in [-0.1, -0.05) is 12.1 Å². The van der Waals surface area contributed by atoms with Crippen LogP contribution in [0.25, 0.3) is 33.4 Å². The molecule has 8 nitrogen and oxygen atoms in total. The maximum Gasteiger partial charge on any atom is 0.342 e. The third kappa shape index (κ3) is 4.94. The van der Waals surface area contributed by atoms with Crippen LogP contribution in [0.15, 0.2) is 65.1 Å². The summed E-state index contributed by atoms with van der Waals surface area (Å²) in [5.74, 6) is -2.37. The zero-order chi connectivity index (χ0) is 26.0. The highest BCUT2D eigenvalue weighted by Crippen LogP contribution is 2.40. The molecule has 4 aromatic rings. The van der Waals surface area contributed by atoms with E-state index in [0.717, 1.165) is 0 Å². The van der Waals surface area contributed by atoms with Gasteiger partial charge in [-0.15, -0.1) is 0 Å². The number of ether oxygens (including phenoxy) is 1. The number of hydrogen-bond donors (Lipinski definition) is 2. The summed E-state index contributed by atoms with van der Waals surface area (Å²) in [7, 11) is -3.72. The van der Waals surface area contributed by atoms with E-state index in [-0.39, 0.29) is 40.5 Å². The normalized spacial score (nSPS) is 11.4. The van der Waals surface area contributed by atoms with Gasteiger partial charge in [0.25, 0.3) is 0 Å². The second-order valence-corrected chi connectivity index (χ2v) is 9.83. The number of fused-ring (bicyclic) bond motifs is 1. The average Bonchev–Trinajstić information content (AvgIpc) is 3.22. The van der Waals surface area contributed by atoms with Crippen molar-refractivity contribution in [2.45, 2.75) is 13.8 Å². The summed E-state index contributed by atoms with van der Waals surface area (Å²) in [5, 5.41) is 9.75. The number of halogens is 1. The van der Waals surface area contributed by atoms with Crippen LogP contribution in [0.3, 0.4) is 0 Å². The Morgan fingerprint density at radius 3 is 2.39 bits per heavy atom. The van der Waals surface area contributed by atoms with Crippen LogP contribution in [0.4, 0.5) is 10.1 Å². The summed E-state index contributed by atoms with van der Waals surface area (Å²) in [6, 6.07) is 14.3. The number of rotatable bonds is 8. The lowest BCUT2D eigenvalue weighted by Gasteiger charge is -2.13. The Morgan fingerprint density at radius 1 is 1.03 bits per heavy atom. The highest BCUT2D eigenvalue weighted by Gasteiger charge is 2.26. The van der Waals surface area contributed by atoms with E-state index in [1.807, 2.05) is 0 Å². The van der Waals surface area contributed by atoms with Crippen molar-refractivity contribution in [2.75, 3.05) is 17.1 Å². The molecule has 1 heterocycles. The molecule has 0 aliphatic rings. The van der Waals surface area contributed by atoms with Gasteiger partial charge in [-0.25, -0.2) is 22.4 Å². The summed E-state index contributed by atoms with van der Waals surface area (Å²) < 4.78 is 52.1. The smallest absolute Gasteiger partial charge is 0.342 e. The van der Waals surface area contributed by atoms with Crippen molar-refractivity contribution in [2.24, 2.45) is 0 Å². The quantitative estimate of drug-likeness (QED) is 0.298. The zero-order valence-corrected chi connectivity index (χ0v) is 20.2. The molecule has 36 heavy (non-hydrogen) atoms. The van der Waals surface area contributed by atoms with Gasteiger partial charge >= 0.3 is 11.9 Å². The predicted octanol–water partition coefficient (Wildman–Crippen LogP) is 5.54. The Labute approximate surface area is 206 Å². The number of carboxylic acid groups (broad SMARTS) is 1. The molecule has 0 atom stereocenters. The van der Waals surface area contributed by atoms with Crippen molar-refractivity contribution in [1.82, 2.24) is 0 Å². The van der Waals surface area contributed by atoms with Gasteiger partial charge in [0.1, 0.15) is 22.7 Å². The van der Waals surface area contributed by atoms with Gasteiger partial charge in [-0.05, 0) is 61.9 Å². The average molecular weight is 512 g/mol. The van der Waals surface area contributed by atoms with E-state index in [9.17, 15) is 27.5 Å². The minimum Gasteiger partial charge on any atom is -0.478 e. The highest BCUT2D eigenvalue weighted by atomic mass is 32.2. The Morgan fingerprint density at radius 2 is 1.75 bits per heavy atom. The molecule has 0 saturated heterocycles. The van der Waals surface area contributed by atoms with Gasteiger partial charge in [0.15, 0.2) is 0 Å². The highest BCUT2D eigenvalue weighted by molar-refractivity contribution is 7.92. The number of nitrogens with one attached hydrogen (secondary N) is 1. The summed E-state index contributed by atoms with van der Waals surface area (Å²) in [4.78, 5) is 24.5. The van der Waals surface area contributed by atoms with Gasteiger partial charge in [-0.2, -0.15) is 0 Å². The molecule has 0 unspecified atom stereocenters. The maximum atomic E-state index is 13.5. The molecule has 0 saturated carbocycles. The number of aromatic carboxylic acids is 1. The first-order valence-corrected chi connectivity index (χ1v) is 12.7. The van der Waals surface area contributed by atoms with E-state index in [2.05, 4.69) is 4.72 Å². The lowest BCUT2D eigenvalue weighted by atomic mass is 9.98. The van der Waals surface area contributed by atoms with Crippen LogP contribution in [-0.4, -0.2) is 37.8 Å². The van der Waals surface area contributed by atoms with Crippen molar-refractivity contribution in [1.29, 1.82) is 0 Å². The topological polar surface area (TPSA) is 123 Å². The van der Waals surface area contributed by atoms with Crippen molar-refractivity contribution in [3.63, 3.8) is 0 Å². The molecule has 3 aromatic carbocycles. The van der Waals surface area contributed by atoms with E-state index >= 15 is 0 Å². The first kappa shape index (κ1) is 24.9. The monoisotopic (exact) mass is 511 g/mol. The number of sulfonamides is 1. The van der Waals surface area contributed by atoms with Gasteiger partial charge in [0.2, 0.25) is 10.0 Å². The summed E-state index contributed by atoms with van der Waals surface area (Å²) in [6.45, 7) is 3.22. The summed E-state index contributed by atoms with van der Waals surface area (Å²) in [6.07, 6.45) is 0. The van der Waals surface area contributed by atoms with E-state index in [1.54, 1.807) is 19.1 Å². The largest absolute Gasteiger partial charge is 0.478 e. The van der Waals surface area contributed by atoms with Crippen LogP contribution in [-0.2, 0) is 14.8 Å². The summed E-state index contributed by atoms with van der Waals surface area (Å²) >= 11 is 0. The Hall–Kier alpha value is -4.18. The lowest BCUT2D eigenvalue weighted by molar-refractivity contribution is 0.0528. The van der Waals surface area contributed by atoms with Crippen molar-refractivity contribution < 1.29 is 36.7 Å². The zero-order valence-electron chi connectivity index (χ0n) is 19.4. The first-order chi connectivity index (χ1) is 17.1. The number of benzene rings is 3. The maximum absolute atomic E-state index is 13.5. The number of esters is 1. The number of furan rings is 1. The molecule has 0 bridgehead atoms. The van der Waals surface area contributed by atoms with Gasteiger partial charge in [-0.3, -0.25) is 4.72 Å². The number of carboxylic acids is 1. The fourth-order valence-electron chi connectivity index (χ4n) is 3.74. The molecule has 10 heteroatoms. The molecule has 2 N–H and O–H groups in total. The number of carbonyl (C=O) groups excluding carboxylic acids is 1. The molecule has 0 spiro atoms. The van der Waals surface area contributed by atoms with E-state index in [1.165, 1.54) is 55.5 Å². The van der Waals surface area contributed by atoms with E-state index in [0.29, 0.717) is 22.1 Å². The number of carbonyl (C=O) groups is 2. The van der Waals surface area contributed by atoms with Crippen LogP contribution in [0.2, 0.25) is 0 Å². The van der Waals surface area contributed by atoms with Gasteiger partial charge < -0.3 is 14.3 Å². The predicted molar refractivity (Wildman–Crippen MR) is 133 cm³/mol. The standard InChI is InChI=1S/C26H22FNO7S/c1-3-34-26(31)23-20-13-19(16-6-5-7-17(12-16)25(29)30)21(28-36(32,33)4-2)14-22(20)35-24(23)15-8-10-18(27)11-9-15/h5-14,28H,3-4H2,1-2H3,(H,29,30). The molecule has 186 valence electrons. The van der Waals surface area contributed by atoms with Crippen LogP contribution >= 0.6 is 0 Å². The molecule has 0 aliphatic heterocycles. The van der Waals surface area contributed by atoms with Crippen LogP contribution in [0.1, 0.15) is 34.6 Å². The molecular formula is C26H22FNO7S. The van der Waals surface area contributed by atoms with Crippen LogP contribution in [0, 0.1) is 5.82 Å². The third-order valence-corrected chi connectivity index (χ3v) is 6.77. The lowest BCUT2D eigenvalue weighted by Crippen LogP contribution is -2.15. The minimum atomic E-state index is -3.72. The Kier molecular flexibility index (Phi) is 6.80. The van der Waals surface area contributed by atoms with E-state index in [4.69, 9.17) is 9.15 Å². The number of anilines is 1. The molecular weight excluding hydrogens is 489 g/mol. The van der Waals surface area contributed by atoms with Crippen LogP contribution < -0.4 is 4.72 Å². The van der Waals surface area contributed by atoms with E-state index < -0.39 is 27.8 Å². The van der Waals surface area contributed by atoms with Gasteiger partial charge in [0.05, 0.1) is 23.6 Å². The van der Waals surface area contributed by atoms with Crippen LogP contribution in [0.5, 0.6) is 0 Å². The molecule has 0 fully saturated rings. The summed E-state index contributed by atoms with van der Waals surface area (Å²) in [5.41, 5.74) is 1.57. The second kappa shape index (κ2) is 9.82. The fourth-order valence-corrected chi connectivity index (χ4v) is 4.38. The van der Waals surface area contributed by atoms with Gasteiger partial charge in [0, 0.05) is 22.6 Å². The second-order valence-electron chi connectivity index (χ2n) is 7.82. The molecule has 0 amide bonds. The Bertz CT molecular complexity index is 1570. The first-order valence-electron chi connectivity index (χ1n) is 11.0. The SMILES string of the molecule is CCOC(=O)c1c(-c2ccc(F)cc2)oc2cc(NS(=O)(=O)CC)c(-c3cccc(C(=O)O)c3)cc12. The Balaban J connectivity index is 2.04. The van der Waals surface area contributed by atoms with Crippen molar-refractivity contribution >= 4 is 38.6 Å². The fraction of sp³-hybridized carbons (Fsp3) is 0.154. The third-order valence-electron chi connectivity index (χ3n) is 5.48. The number of hydrogen-bond acceptors (Lipinski definition) is 6. The molecule has 1 aromatic heterocycles. The van der Waals surface area contributed by atoms with Crippen molar-refractivity contribution in [3.05, 3.63) is 77.6 Å². The minimum absolute atomic E-state index is 0.00158.